The minimum Gasteiger partial charge on any atom is -0.427 e. The van der Waals surface area contributed by atoms with Crippen LogP contribution < -0.4 is 0 Å². The van der Waals surface area contributed by atoms with Gasteiger partial charge in [-0.1, -0.05) is 53.5 Å². The average Bonchev–Trinajstić information content (AvgIpc) is 2.79. The maximum absolute atomic E-state index is 10.3. The SMILES string of the molecule is Cc1c(-c2ccccc2)nc(-c2ccc(Cl)c(Cl)c2)n1O. The summed E-state index contributed by atoms with van der Waals surface area (Å²) in [6.45, 7) is 1.82. The highest BCUT2D eigenvalue weighted by molar-refractivity contribution is 6.42. The summed E-state index contributed by atoms with van der Waals surface area (Å²) >= 11 is 11.9. The molecule has 0 radical (unpaired) electrons. The zero-order valence-corrected chi connectivity index (χ0v) is 12.7. The van der Waals surface area contributed by atoms with Crippen molar-refractivity contribution < 1.29 is 5.21 Å². The fraction of sp³-hybridized carbons (Fsp3) is 0.0625. The van der Waals surface area contributed by atoms with Crippen LogP contribution in [0.2, 0.25) is 10.0 Å². The van der Waals surface area contributed by atoms with Gasteiger partial charge in [-0.2, -0.15) is 4.73 Å². The minimum absolute atomic E-state index is 0.427. The van der Waals surface area contributed by atoms with Gasteiger partial charge in [0.05, 0.1) is 21.4 Å². The second-order valence-electron chi connectivity index (χ2n) is 4.68. The molecule has 0 amide bonds. The molecule has 0 saturated heterocycles. The Balaban J connectivity index is 2.15. The molecule has 0 aliphatic carbocycles. The number of rotatable bonds is 2. The lowest BCUT2D eigenvalue weighted by Gasteiger charge is -2.03. The van der Waals surface area contributed by atoms with Gasteiger partial charge in [0.25, 0.3) is 0 Å². The predicted molar refractivity (Wildman–Crippen MR) is 85.0 cm³/mol. The zero-order valence-electron chi connectivity index (χ0n) is 11.2. The van der Waals surface area contributed by atoms with Crippen LogP contribution in [0.1, 0.15) is 5.69 Å². The van der Waals surface area contributed by atoms with Gasteiger partial charge in [0, 0.05) is 11.1 Å². The van der Waals surface area contributed by atoms with Crippen LogP contribution >= 0.6 is 23.2 Å². The Morgan fingerprint density at radius 1 is 0.952 bits per heavy atom. The number of halogens is 2. The summed E-state index contributed by atoms with van der Waals surface area (Å²) < 4.78 is 1.07. The molecule has 0 aliphatic heterocycles. The summed E-state index contributed by atoms with van der Waals surface area (Å²) in [7, 11) is 0. The molecule has 0 saturated carbocycles. The molecule has 1 aromatic heterocycles. The van der Waals surface area contributed by atoms with Crippen molar-refractivity contribution in [2.24, 2.45) is 0 Å². The van der Waals surface area contributed by atoms with Crippen LogP contribution in [0.3, 0.4) is 0 Å². The summed E-state index contributed by atoms with van der Waals surface area (Å²) in [4.78, 5) is 4.53. The van der Waals surface area contributed by atoms with Crippen molar-refractivity contribution in [3.8, 4) is 22.6 Å². The first-order chi connectivity index (χ1) is 10.1. The molecule has 3 aromatic rings. The molecule has 0 spiro atoms. The lowest BCUT2D eigenvalue weighted by atomic mass is 10.1. The molecular formula is C16H12Cl2N2O. The normalized spacial score (nSPS) is 10.8. The molecule has 0 fully saturated rings. The largest absolute Gasteiger partial charge is 0.427 e. The molecule has 1 heterocycles. The van der Waals surface area contributed by atoms with Crippen LogP contribution in [0.5, 0.6) is 0 Å². The number of imidazole rings is 1. The molecule has 2 aromatic carbocycles. The Kier molecular flexibility index (Phi) is 3.62. The second-order valence-corrected chi connectivity index (χ2v) is 5.49. The van der Waals surface area contributed by atoms with Gasteiger partial charge >= 0.3 is 0 Å². The fourth-order valence-corrected chi connectivity index (χ4v) is 2.48. The Hall–Kier alpha value is -1.97. The van der Waals surface area contributed by atoms with Gasteiger partial charge in [0.2, 0.25) is 0 Å². The predicted octanol–water partition coefficient (Wildman–Crippen LogP) is 5.07. The van der Waals surface area contributed by atoms with Gasteiger partial charge in [-0.05, 0) is 25.1 Å². The van der Waals surface area contributed by atoms with E-state index in [9.17, 15) is 5.21 Å². The Morgan fingerprint density at radius 3 is 2.33 bits per heavy atom. The monoisotopic (exact) mass is 318 g/mol. The Bertz CT molecular complexity index is 798. The lowest BCUT2D eigenvalue weighted by molar-refractivity contribution is 0.185. The van der Waals surface area contributed by atoms with E-state index < -0.39 is 0 Å². The molecule has 0 unspecified atom stereocenters. The zero-order chi connectivity index (χ0) is 15.0. The van der Waals surface area contributed by atoms with Crippen molar-refractivity contribution in [1.29, 1.82) is 0 Å². The Morgan fingerprint density at radius 2 is 1.67 bits per heavy atom. The molecule has 0 atom stereocenters. The quantitative estimate of drug-likeness (QED) is 0.670. The van der Waals surface area contributed by atoms with E-state index in [4.69, 9.17) is 23.2 Å². The van der Waals surface area contributed by atoms with E-state index in [0.29, 0.717) is 27.1 Å². The third-order valence-corrected chi connectivity index (χ3v) is 4.04. The first-order valence-corrected chi connectivity index (χ1v) is 7.13. The van der Waals surface area contributed by atoms with Crippen LogP contribution in [-0.2, 0) is 0 Å². The number of hydrogen-bond acceptors (Lipinski definition) is 2. The first-order valence-electron chi connectivity index (χ1n) is 6.37. The van der Waals surface area contributed by atoms with Gasteiger partial charge in [-0.25, -0.2) is 4.98 Å². The van der Waals surface area contributed by atoms with E-state index >= 15 is 0 Å². The third-order valence-electron chi connectivity index (χ3n) is 3.30. The van der Waals surface area contributed by atoms with Crippen molar-refractivity contribution in [1.82, 2.24) is 9.71 Å². The van der Waals surface area contributed by atoms with Crippen molar-refractivity contribution in [3.63, 3.8) is 0 Å². The van der Waals surface area contributed by atoms with E-state index in [1.165, 1.54) is 0 Å². The average molecular weight is 319 g/mol. The van der Waals surface area contributed by atoms with Gasteiger partial charge in [-0.15, -0.1) is 0 Å². The van der Waals surface area contributed by atoms with Gasteiger partial charge in [0.15, 0.2) is 5.82 Å². The summed E-state index contributed by atoms with van der Waals surface area (Å²) in [5, 5.41) is 11.2. The van der Waals surface area contributed by atoms with E-state index in [1.807, 2.05) is 37.3 Å². The number of benzene rings is 2. The highest BCUT2D eigenvalue weighted by Gasteiger charge is 2.16. The summed E-state index contributed by atoms with van der Waals surface area (Å²) in [6, 6.07) is 14.9. The molecule has 3 nitrogen and oxygen atoms in total. The second kappa shape index (κ2) is 5.43. The lowest BCUT2D eigenvalue weighted by Crippen LogP contribution is -1.96. The molecule has 0 bridgehead atoms. The topological polar surface area (TPSA) is 38.0 Å². The van der Waals surface area contributed by atoms with Gasteiger partial charge in [0.1, 0.15) is 0 Å². The number of aromatic nitrogens is 2. The van der Waals surface area contributed by atoms with Gasteiger partial charge < -0.3 is 5.21 Å². The molecule has 1 N–H and O–H groups in total. The molecule has 0 aliphatic rings. The van der Waals surface area contributed by atoms with E-state index in [1.54, 1.807) is 18.2 Å². The highest BCUT2D eigenvalue weighted by Crippen LogP contribution is 2.31. The molecule has 3 rings (SSSR count). The summed E-state index contributed by atoms with van der Waals surface area (Å²) in [5.41, 5.74) is 3.06. The van der Waals surface area contributed by atoms with E-state index in [0.717, 1.165) is 16.0 Å². The van der Waals surface area contributed by atoms with Crippen molar-refractivity contribution in [2.75, 3.05) is 0 Å². The first kappa shape index (κ1) is 14.0. The molecule has 5 heteroatoms. The summed E-state index contributed by atoms with van der Waals surface area (Å²) in [5.74, 6) is 0.435. The molecular weight excluding hydrogens is 307 g/mol. The van der Waals surface area contributed by atoms with Crippen LogP contribution in [-0.4, -0.2) is 14.9 Å². The van der Waals surface area contributed by atoms with Crippen molar-refractivity contribution in [2.45, 2.75) is 6.92 Å². The van der Waals surface area contributed by atoms with Crippen LogP contribution in [0.15, 0.2) is 48.5 Å². The highest BCUT2D eigenvalue weighted by atomic mass is 35.5. The molecule has 106 valence electrons. The molecule has 21 heavy (non-hydrogen) atoms. The maximum atomic E-state index is 10.3. The van der Waals surface area contributed by atoms with Crippen LogP contribution in [0.25, 0.3) is 22.6 Å². The number of nitrogens with zero attached hydrogens (tertiary/aromatic N) is 2. The van der Waals surface area contributed by atoms with Crippen molar-refractivity contribution >= 4 is 23.2 Å². The third kappa shape index (κ3) is 2.50. The van der Waals surface area contributed by atoms with Crippen LogP contribution in [0, 0.1) is 6.92 Å². The van der Waals surface area contributed by atoms with E-state index in [2.05, 4.69) is 4.98 Å². The van der Waals surface area contributed by atoms with Crippen LogP contribution in [0.4, 0.5) is 0 Å². The van der Waals surface area contributed by atoms with E-state index in [-0.39, 0.29) is 0 Å². The fourth-order valence-electron chi connectivity index (χ4n) is 2.18. The number of hydrogen-bond donors (Lipinski definition) is 1. The standard InChI is InChI=1S/C16H12Cl2N2O/c1-10-15(11-5-3-2-4-6-11)19-16(20(10)21)12-7-8-13(17)14(18)9-12/h2-9,21H,1H3. The summed E-state index contributed by atoms with van der Waals surface area (Å²) in [6.07, 6.45) is 0. The Labute approximate surface area is 132 Å². The van der Waals surface area contributed by atoms with Crippen molar-refractivity contribution in [3.05, 3.63) is 64.3 Å². The smallest absolute Gasteiger partial charge is 0.176 e. The maximum Gasteiger partial charge on any atom is 0.176 e. The minimum atomic E-state index is 0.427. The van der Waals surface area contributed by atoms with Gasteiger partial charge in [-0.3, -0.25) is 0 Å².